The number of nitrogens with zero attached hydrogens (tertiary/aromatic N) is 1. The quantitative estimate of drug-likeness (QED) is 0.807. The number of hydrogen-bond acceptors (Lipinski definition) is 4. The van der Waals surface area contributed by atoms with E-state index < -0.39 is 5.97 Å². The van der Waals surface area contributed by atoms with Crippen LogP contribution < -0.4 is 0 Å². The molecule has 0 spiro atoms. The molecule has 0 aliphatic heterocycles. The Morgan fingerprint density at radius 3 is 2.00 bits per heavy atom. The minimum absolute atomic E-state index is 0.0121. The normalized spacial score (nSPS) is 10.5. The molecule has 4 nitrogen and oxygen atoms in total. The molecule has 2 heterocycles. The van der Waals surface area contributed by atoms with Gasteiger partial charge in [0, 0.05) is 22.6 Å². The highest BCUT2D eigenvalue weighted by Crippen LogP contribution is 2.18. The van der Waals surface area contributed by atoms with Gasteiger partial charge in [-0.2, -0.15) is 0 Å². The minimum atomic E-state index is -0.856. The number of carbonyl (C=O) groups is 2. The van der Waals surface area contributed by atoms with E-state index in [2.05, 4.69) is 0 Å². The van der Waals surface area contributed by atoms with Crippen LogP contribution in [0, 0.1) is 0 Å². The van der Waals surface area contributed by atoms with E-state index in [1.807, 2.05) is 35.0 Å². The van der Waals surface area contributed by atoms with E-state index in [4.69, 9.17) is 5.11 Å². The van der Waals surface area contributed by atoms with Crippen molar-refractivity contribution in [2.75, 3.05) is 0 Å². The Morgan fingerprint density at radius 1 is 1.00 bits per heavy atom. The van der Waals surface area contributed by atoms with Gasteiger partial charge in [-0.05, 0) is 29.3 Å². The standard InChI is InChI=1S/C15H17NO3S2/c17-14(6-1-7-15(18)19)16(10-12-4-2-8-20-12)11-13-5-3-9-21-13/h2-5,8-9H,1,6-7,10-11H2,(H,18,19). The predicted molar refractivity (Wildman–Crippen MR) is 84.4 cm³/mol. The molecular weight excluding hydrogens is 306 g/mol. The van der Waals surface area contributed by atoms with Gasteiger partial charge >= 0.3 is 5.97 Å². The van der Waals surface area contributed by atoms with Gasteiger partial charge < -0.3 is 10.0 Å². The molecule has 1 amide bonds. The van der Waals surface area contributed by atoms with Crippen LogP contribution in [0.1, 0.15) is 29.0 Å². The molecule has 0 aliphatic carbocycles. The van der Waals surface area contributed by atoms with Gasteiger partial charge in [-0.3, -0.25) is 9.59 Å². The average molecular weight is 323 g/mol. The van der Waals surface area contributed by atoms with Crippen LogP contribution in [0.15, 0.2) is 35.0 Å². The predicted octanol–water partition coefficient (Wildman–Crippen LogP) is 3.59. The lowest BCUT2D eigenvalue weighted by Crippen LogP contribution is -2.29. The van der Waals surface area contributed by atoms with E-state index in [9.17, 15) is 9.59 Å². The zero-order valence-corrected chi connectivity index (χ0v) is 13.2. The third-order valence-electron chi connectivity index (χ3n) is 2.99. The van der Waals surface area contributed by atoms with Gasteiger partial charge in [0.25, 0.3) is 0 Å². The van der Waals surface area contributed by atoms with Gasteiger partial charge in [-0.25, -0.2) is 0 Å². The molecule has 0 bridgehead atoms. The fraction of sp³-hybridized carbons (Fsp3) is 0.333. The number of thiophene rings is 2. The first kappa shape index (κ1) is 15.7. The summed E-state index contributed by atoms with van der Waals surface area (Å²) in [5, 5.41) is 12.6. The summed E-state index contributed by atoms with van der Waals surface area (Å²) in [6.45, 7) is 1.17. The molecule has 2 rings (SSSR count). The van der Waals surface area contributed by atoms with Crippen molar-refractivity contribution in [1.29, 1.82) is 0 Å². The van der Waals surface area contributed by atoms with E-state index >= 15 is 0 Å². The van der Waals surface area contributed by atoms with Gasteiger partial charge in [-0.15, -0.1) is 22.7 Å². The molecule has 6 heteroatoms. The highest BCUT2D eigenvalue weighted by molar-refractivity contribution is 7.10. The lowest BCUT2D eigenvalue weighted by Gasteiger charge is -2.21. The monoisotopic (exact) mass is 323 g/mol. The Kier molecular flexibility index (Phi) is 5.95. The maximum Gasteiger partial charge on any atom is 0.303 e. The molecule has 1 N–H and O–H groups in total. The summed E-state index contributed by atoms with van der Waals surface area (Å²) in [5.41, 5.74) is 0. The third-order valence-corrected chi connectivity index (χ3v) is 4.71. The van der Waals surface area contributed by atoms with Crippen molar-refractivity contribution in [2.24, 2.45) is 0 Å². The lowest BCUT2D eigenvalue weighted by atomic mass is 10.2. The first-order valence-electron chi connectivity index (χ1n) is 6.69. The van der Waals surface area contributed by atoms with Gasteiger partial charge in [-0.1, -0.05) is 12.1 Å². The van der Waals surface area contributed by atoms with Crippen LogP contribution >= 0.6 is 22.7 Å². The van der Waals surface area contributed by atoms with Crippen LogP contribution in [-0.4, -0.2) is 21.9 Å². The fourth-order valence-corrected chi connectivity index (χ4v) is 3.40. The Hall–Kier alpha value is -1.66. The summed E-state index contributed by atoms with van der Waals surface area (Å²) in [5.74, 6) is -0.844. The molecule has 0 aromatic carbocycles. The van der Waals surface area contributed by atoms with Gasteiger partial charge in [0.15, 0.2) is 0 Å². The summed E-state index contributed by atoms with van der Waals surface area (Å²) in [4.78, 5) is 26.9. The second-order valence-electron chi connectivity index (χ2n) is 4.66. The zero-order valence-electron chi connectivity index (χ0n) is 11.5. The number of hydrogen-bond donors (Lipinski definition) is 1. The first-order chi connectivity index (χ1) is 10.1. The van der Waals surface area contributed by atoms with Crippen LogP contribution in [0.5, 0.6) is 0 Å². The van der Waals surface area contributed by atoms with Gasteiger partial charge in [0.05, 0.1) is 13.1 Å². The largest absolute Gasteiger partial charge is 0.481 e. The smallest absolute Gasteiger partial charge is 0.303 e. The van der Waals surface area contributed by atoms with Crippen molar-refractivity contribution >= 4 is 34.6 Å². The van der Waals surface area contributed by atoms with E-state index in [1.54, 1.807) is 27.6 Å². The van der Waals surface area contributed by atoms with Crippen molar-refractivity contribution in [3.8, 4) is 0 Å². The molecule has 0 radical (unpaired) electrons. The van der Waals surface area contributed by atoms with Crippen LogP contribution in [0.4, 0.5) is 0 Å². The minimum Gasteiger partial charge on any atom is -0.481 e. The Balaban J connectivity index is 1.96. The van der Waals surface area contributed by atoms with Crippen LogP contribution in [0.2, 0.25) is 0 Å². The van der Waals surface area contributed by atoms with Crippen molar-refractivity contribution in [3.05, 3.63) is 44.8 Å². The molecule has 0 aliphatic rings. The van der Waals surface area contributed by atoms with E-state index in [1.165, 1.54) is 0 Å². The van der Waals surface area contributed by atoms with Crippen molar-refractivity contribution < 1.29 is 14.7 Å². The third kappa shape index (κ3) is 5.32. The lowest BCUT2D eigenvalue weighted by molar-refractivity contribution is -0.137. The molecular formula is C15H17NO3S2. The second kappa shape index (κ2) is 7.95. The Morgan fingerprint density at radius 2 is 1.57 bits per heavy atom. The van der Waals surface area contributed by atoms with E-state index in [0.29, 0.717) is 19.5 Å². The maximum absolute atomic E-state index is 12.3. The second-order valence-corrected chi connectivity index (χ2v) is 6.72. The molecule has 0 fully saturated rings. The summed E-state index contributed by atoms with van der Waals surface area (Å²) in [7, 11) is 0. The van der Waals surface area contributed by atoms with Gasteiger partial charge in [0.2, 0.25) is 5.91 Å². The number of amides is 1. The maximum atomic E-state index is 12.3. The van der Waals surface area contributed by atoms with Gasteiger partial charge in [0.1, 0.15) is 0 Å². The summed E-state index contributed by atoms with van der Waals surface area (Å²) in [6, 6.07) is 7.96. The highest BCUT2D eigenvalue weighted by Gasteiger charge is 2.16. The van der Waals surface area contributed by atoms with Crippen LogP contribution in [0.3, 0.4) is 0 Å². The SMILES string of the molecule is O=C(O)CCCC(=O)N(Cc1cccs1)Cc1cccs1. The molecule has 21 heavy (non-hydrogen) atoms. The summed E-state index contributed by atoms with van der Waals surface area (Å²) >= 11 is 3.25. The number of rotatable bonds is 8. The Labute approximate surface area is 131 Å². The fourth-order valence-electron chi connectivity index (χ4n) is 1.96. The summed E-state index contributed by atoms with van der Waals surface area (Å²) in [6.07, 6.45) is 0.709. The molecule has 0 unspecified atom stereocenters. The molecule has 2 aromatic heterocycles. The molecule has 0 saturated heterocycles. The topological polar surface area (TPSA) is 57.6 Å². The van der Waals surface area contributed by atoms with Crippen LogP contribution in [-0.2, 0) is 22.7 Å². The number of carboxylic acids is 1. The van der Waals surface area contributed by atoms with E-state index in [0.717, 1.165) is 9.75 Å². The molecule has 112 valence electrons. The van der Waals surface area contributed by atoms with Crippen molar-refractivity contribution in [3.63, 3.8) is 0 Å². The average Bonchev–Trinajstić information content (AvgIpc) is 3.10. The number of carbonyl (C=O) groups excluding carboxylic acids is 1. The van der Waals surface area contributed by atoms with Crippen molar-refractivity contribution in [1.82, 2.24) is 4.90 Å². The molecule has 0 saturated carbocycles. The molecule has 2 aromatic rings. The van der Waals surface area contributed by atoms with Crippen LogP contribution in [0.25, 0.3) is 0 Å². The highest BCUT2D eigenvalue weighted by atomic mass is 32.1. The first-order valence-corrected chi connectivity index (χ1v) is 8.45. The van der Waals surface area contributed by atoms with E-state index in [-0.39, 0.29) is 18.7 Å². The Bertz CT molecular complexity index is 528. The number of carboxylic acid groups (broad SMARTS) is 1. The van der Waals surface area contributed by atoms with Crippen molar-refractivity contribution in [2.45, 2.75) is 32.4 Å². The molecule has 0 atom stereocenters. The zero-order chi connectivity index (χ0) is 15.1. The summed E-state index contributed by atoms with van der Waals surface area (Å²) < 4.78 is 0. The number of aliphatic carboxylic acids is 1.